The van der Waals surface area contributed by atoms with Crippen molar-refractivity contribution in [2.75, 3.05) is 6.54 Å². The molecule has 1 fully saturated rings. The van der Waals surface area contributed by atoms with Gasteiger partial charge in [0.05, 0.1) is 0 Å². The molecule has 0 radical (unpaired) electrons. The Morgan fingerprint density at radius 1 is 1.50 bits per heavy atom. The van der Waals surface area contributed by atoms with Gasteiger partial charge in [-0.2, -0.15) is 0 Å². The number of nitrogens with two attached hydrogens (primary N) is 1. The smallest absolute Gasteiger partial charge is 0.0219 e. The first kappa shape index (κ1) is 10.0. The minimum absolute atomic E-state index is 0.394. The van der Waals surface area contributed by atoms with E-state index < -0.39 is 0 Å². The molecule has 0 aliphatic carbocycles. The van der Waals surface area contributed by atoms with Crippen molar-refractivity contribution in [3.05, 3.63) is 0 Å². The third-order valence-corrected chi connectivity index (χ3v) is 2.76. The van der Waals surface area contributed by atoms with Gasteiger partial charge in [-0.15, -0.1) is 0 Å². The van der Waals surface area contributed by atoms with Crippen LogP contribution in [0.3, 0.4) is 0 Å². The standard InChI is InChI=1S/C10H22N2/c1-2-3-6-9(11)10-7-4-5-8-12-10/h9-10,12H,2-8,11H2,1H3. The number of nitrogens with one attached hydrogen (secondary N) is 1. The van der Waals surface area contributed by atoms with Crippen LogP contribution in [0.4, 0.5) is 0 Å². The summed E-state index contributed by atoms with van der Waals surface area (Å²) < 4.78 is 0. The molecule has 0 aromatic carbocycles. The van der Waals surface area contributed by atoms with Gasteiger partial charge in [0.2, 0.25) is 0 Å². The summed E-state index contributed by atoms with van der Waals surface area (Å²) in [4.78, 5) is 0. The first-order chi connectivity index (χ1) is 5.84. The van der Waals surface area contributed by atoms with E-state index in [1.807, 2.05) is 0 Å². The summed E-state index contributed by atoms with van der Waals surface area (Å²) in [7, 11) is 0. The molecule has 1 aliphatic rings. The largest absolute Gasteiger partial charge is 0.326 e. The van der Waals surface area contributed by atoms with Crippen LogP contribution in [0.25, 0.3) is 0 Å². The first-order valence-corrected chi connectivity index (χ1v) is 5.33. The highest BCUT2D eigenvalue weighted by molar-refractivity contribution is 4.81. The van der Waals surface area contributed by atoms with E-state index in [1.165, 1.54) is 45.1 Å². The minimum atomic E-state index is 0.394. The molecule has 1 saturated heterocycles. The zero-order valence-corrected chi connectivity index (χ0v) is 8.18. The molecule has 0 spiro atoms. The Balaban J connectivity index is 2.15. The summed E-state index contributed by atoms with van der Waals surface area (Å²) in [5.41, 5.74) is 6.07. The van der Waals surface area contributed by atoms with Gasteiger partial charge in [0, 0.05) is 12.1 Å². The van der Waals surface area contributed by atoms with Gasteiger partial charge >= 0.3 is 0 Å². The topological polar surface area (TPSA) is 38.0 Å². The molecule has 2 atom stereocenters. The minimum Gasteiger partial charge on any atom is -0.326 e. The van der Waals surface area contributed by atoms with E-state index in [2.05, 4.69) is 12.2 Å². The Labute approximate surface area is 75.9 Å². The highest BCUT2D eigenvalue weighted by Crippen LogP contribution is 2.12. The molecular formula is C10H22N2. The van der Waals surface area contributed by atoms with Crippen LogP contribution >= 0.6 is 0 Å². The van der Waals surface area contributed by atoms with Crippen LogP contribution < -0.4 is 11.1 Å². The monoisotopic (exact) mass is 170 g/mol. The van der Waals surface area contributed by atoms with E-state index in [-0.39, 0.29) is 0 Å². The van der Waals surface area contributed by atoms with Gasteiger partial charge in [-0.1, -0.05) is 26.2 Å². The van der Waals surface area contributed by atoms with Crippen LogP contribution in [0, 0.1) is 0 Å². The summed E-state index contributed by atoms with van der Waals surface area (Å²) >= 11 is 0. The lowest BCUT2D eigenvalue weighted by Crippen LogP contribution is -2.47. The van der Waals surface area contributed by atoms with Gasteiger partial charge in [-0.05, 0) is 25.8 Å². The van der Waals surface area contributed by atoms with Gasteiger partial charge in [0.1, 0.15) is 0 Å². The molecule has 2 heteroatoms. The predicted octanol–water partition coefficient (Wildman–Crippen LogP) is 1.65. The molecule has 2 nitrogen and oxygen atoms in total. The van der Waals surface area contributed by atoms with E-state index in [1.54, 1.807) is 0 Å². The predicted molar refractivity (Wildman–Crippen MR) is 53.1 cm³/mol. The number of piperidine rings is 1. The molecule has 0 bridgehead atoms. The fraction of sp³-hybridized carbons (Fsp3) is 1.00. The van der Waals surface area contributed by atoms with Crippen LogP contribution in [-0.4, -0.2) is 18.6 Å². The lowest BCUT2D eigenvalue weighted by atomic mass is 9.95. The molecule has 3 N–H and O–H groups in total. The van der Waals surface area contributed by atoms with Gasteiger partial charge in [0.25, 0.3) is 0 Å². The molecule has 0 aromatic heterocycles. The van der Waals surface area contributed by atoms with Crippen molar-refractivity contribution >= 4 is 0 Å². The van der Waals surface area contributed by atoms with E-state index in [0.29, 0.717) is 12.1 Å². The SMILES string of the molecule is CCCCC(N)C1CCCCN1. The molecule has 1 heterocycles. The highest BCUT2D eigenvalue weighted by Gasteiger charge is 2.18. The average molecular weight is 170 g/mol. The van der Waals surface area contributed by atoms with Crippen molar-refractivity contribution in [1.29, 1.82) is 0 Å². The normalized spacial score (nSPS) is 27.0. The van der Waals surface area contributed by atoms with Crippen molar-refractivity contribution in [1.82, 2.24) is 5.32 Å². The maximum Gasteiger partial charge on any atom is 0.0219 e. The summed E-state index contributed by atoms with van der Waals surface area (Å²) in [5, 5.41) is 3.50. The van der Waals surface area contributed by atoms with Gasteiger partial charge in [0.15, 0.2) is 0 Å². The Morgan fingerprint density at radius 2 is 2.33 bits per heavy atom. The summed E-state index contributed by atoms with van der Waals surface area (Å²) in [6.45, 7) is 3.39. The number of unbranched alkanes of at least 4 members (excludes halogenated alkanes) is 1. The molecule has 0 amide bonds. The van der Waals surface area contributed by atoms with Crippen LogP contribution in [0.15, 0.2) is 0 Å². The van der Waals surface area contributed by atoms with Crippen LogP contribution in [0.2, 0.25) is 0 Å². The molecule has 0 aromatic rings. The molecule has 2 unspecified atom stereocenters. The van der Waals surface area contributed by atoms with Crippen molar-refractivity contribution in [2.45, 2.75) is 57.5 Å². The maximum absolute atomic E-state index is 6.07. The summed E-state index contributed by atoms with van der Waals surface area (Å²) in [5.74, 6) is 0. The van der Waals surface area contributed by atoms with E-state index >= 15 is 0 Å². The second kappa shape index (κ2) is 5.55. The lowest BCUT2D eigenvalue weighted by Gasteiger charge is -2.28. The number of hydrogen-bond acceptors (Lipinski definition) is 2. The second-order valence-corrected chi connectivity index (χ2v) is 3.86. The van der Waals surface area contributed by atoms with Crippen molar-refractivity contribution in [2.24, 2.45) is 5.73 Å². The summed E-state index contributed by atoms with van der Waals surface area (Å²) in [6.07, 6.45) is 7.70. The highest BCUT2D eigenvalue weighted by atomic mass is 15.0. The van der Waals surface area contributed by atoms with E-state index in [4.69, 9.17) is 5.73 Å². The third kappa shape index (κ3) is 3.11. The zero-order chi connectivity index (χ0) is 8.81. The van der Waals surface area contributed by atoms with E-state index in [0.717, 1.165) is 0 Å². The zero-order valence-electron chi connectivity index (χ0n) is 8.18. The van der Waals surface area contributed by atoms with Crippen molar-refractivity contribution in [3.63, 3.8) is 0 Å². The molecule has 72 valence electrons. The molecule has 1 aliphatic heterocycles. The van der Waals surface area contributed by atoms with Gasteiger partial charge in [-0.25, -0.2) is 0 Å². The third-order valence-electron chi connectivity index (χ3n) is 2.76. The Morgan fingerprint density at radius 3 is 2.92 bits per heavy atom. The fourth-order valence-corrected chi connectivity index (χ4v) is 1.89. The lowest BCUT2D eigenvalue weighted by molar-refractivity contribution is 0.335. The van der Waals surface area contributed by atoms with E-state index in [9.17, 15) is 0 Å². The fourth-order valence-electron chi connectivity index (χ4n) is 1.89. The molecule has 1 rings (SSSR count). The van der Waals surface area contributed by atoms with Crippen molar-refractivity contribution in [3.8, 4) is 0 Å². The molecule has 12 heavy (non-hydrogen) atoms. The van der Waals surface area contributed by atoms with Crippen LogP contribution in [-0.2, 0) is 0 Å². The Kier molecular flexibility index (Phi) is 4.62. The maximum atomic E-state index is 6.07. The quantitative estimate of drug-likeness (QED) is 0.673. The number of hydrogen-bond donors (Lipinski definition) is 2. The van der Waals surface area contributed by atoms with Crippen LogP contribution in [0.1, 0.15) is 45.4 Å². The Hall–Kier alpha value is -0.0800. The van der Waals surface area contributed by atoms with Crippen molar-refractivity contribution < 1.29 is 0 Å². The second-order valence-electron chi connectivity index (χ2n) is 3.86. The van der Waals surface area contributed by atoms with Gasteiger partial charge < -0.3 is 11.1 Å². The first-order valence-electron chi connectivity index (χ1n) is 5.33. The van der Waals surface area contributed by atoms with Crippen LogP contribution in [0.5, 0.6) is 0 Å². The average Bonchev–Trinajstić information content (AvgIpc) is 2.15. The summed E-state index contributed by atoms with van der Waals surface area (Å²) in [6, 6.07) is 0.996. The molecule has 0 saturated carbocycles. The molecular weight excluding hydrogens is 148 g/mol. The number of rotatable bonds is 4. The Bertz CT molecular complexity index is 108. The van der Waals surface area contributed by atoms with Gasteiger partial charge in [-0.3, -0.25) is 0 Å².